The fourth-order valence-electron chi connectivity index (χ4n) is 4.22. The normalized spacial score (nSPS) is 20.7. The van der Waals surface area contributed by atoms with E-state index in [9.17, 15) is 18.0 Å². The third-order valence-electron chi connectivity index (χ3n) is 5.80. The van der Waals surface area contributed by atoms with Gasteiger partial charge in [0.2, 0.25) is 0 Å². The Morgan fingerprint density at radius 3 is 2.68 bits per heavy atom. The number of fused-ring (bicyclic) bond motifs is 2. The maximum absolute atomic E-state index is 13.9. The van der Waals surface area contributed by atoms with Crippen LogP contribution in [0.15, 0.2) is 41.8 Å². The fraction of sp³-hybridized carbons (Fsp3) is 0.333. The largest absolute Gasteiger partial charge is 0.410 e. The zero-order chi connectivity index (χ0) is 21.8. The van der Waals surface area contributed by atoms with E-state index >= 15 is 0 Å². The van der Waals surface area contributed by atoms with Crippen molar-refractivity contribution in [1.82, 2.24) is 14.7 Å². The van der Waals surface area contributed by atoms with Gasteiger partial charge in [0.1, 0.15) is 10.8 Å². The van der Waals surface area contributed by atoms with Crippen molar-refractivity contribution in [1.29, 1.82) is 0 Å². The van der Waals surface area contributed by atoms with Gasteiger partial charge in [-0.05, 0) is 29.0 Å². The Morgan fingerprint density at radius 2 is 1.97 bits per heavy atom. The fourth-order valence-corrected chi connectivity index (χ4v) is 5.27. The first-order valence-electron chi connectivity index (χ1n) is 9.83. The molecule has 5 nitrogen and oxygen atoms in total. The van der Waals surface area contributed by atoms with Crippen LogP contribution in [0.3, 0.4) is 0 Å². The second-order valence-electron chi connectivity index (χ2n) is 7.71. The molecule has 2 aliphatic heterocycles. The molecule has 1 amide bonds. The van der Waals surface area contributed by atoms with Crippen molar-refractivity contribution >= 4 is 34.7 Å². The van der Waals surface area contributed by atoms with E-state index < -0.39 is 24.2 Å². The van der Waals surface area contributed by atoms with Gasteiger partial charge >= 0.3 is 6.18 Å². The maximum atomic E-state index is 13.9. The lowest BCUT2D eigenvalue weighted by atomic mass is 10.00. The maximum Gasteiger partial charge on any atom is 0.410 e. The minimum absolute atomic E-state index is 0.0365. The second kappa shape index (κ2) is 7.56. The molecule has 0 fully saturated rings. The number of thiophene rings is 1. The molecular formula is C21H18ClF3N4OS. The van der Waals surface area contributed by atoms with Gasteiger partial charge in [0.05, 0.1) is 6.04 Å². The Morgan fingerprint density at radius 1 is 1.19 bits per heavy atom. The van der Waals surface area contributed by atoms with E-state index in [1.807, 2.05) is 29.6 Å². The van der Waals surface area contributed by atoms with Crippen LogP contribution >= 0.6 is 22.9 Å². The number of nitrogens with one attached hydrogen (secondary N) is 1. The number of hydrogen-bond acceptors (Lipinski definition) is 4. The zero-order valence-electron chi connectivity index (χ0n) is 16.2. The minimum Gasteiger partial charge on any atom is -0.361 e. The quantitative estimate of drug-likeness (QED) is 0.546. The van der Waals surface area contributed by atoms with E-state index in [4.69, 9.17) is 11.6 Å². The highest BCUT2D eigenvalue weighted by Gasteiger charge is 2.48. The molecule has 10 heteroatoms. The van der Waals surface area contributed by atoms with Crippen molar-refractivity contribution in [2.75, 3.05) is 11.9 Å². The van der Waals surface area contributed by atoms with Crippen molar-refractivity contribution in [3.05, 3.63) is 68.5 Å². The lowest BCUT2D eigenvalue weighted by Gasteiger charge is -2.32. The van der Waals surface area contributed by atoms with E-state index in [0.717, 1.165) is 15.1 Å². The summed E-state index contributed by atoms with van der Waals surface area (Å²) in [7, 11) is 0. The molecule has 2 atom stereocenters. The van der Waals surface area contributed by atoms with Gasteiger partial charge in [-0.25, -0.2) is 4.68 Å². The Hall–Kier alpha value is -2.52. The molecule has 0 saturated carbocycles. The predicted molar refractivity (Wildman–Crippen MR) is 113 cm³/mol. The summed E-state index contributed by atoms with van der Waals surface area (Å²) in [5, 5.41) is 8.88. The van der Waals surface area contributed by atoms with Gasteiger partial charge in [0, 0.05) is 24.4 Å². The van der Waals surface area contributed by atoms with Crippen molar-refractivity contribution < 1.29 is 18.0 Å². The smallest absolute Gasteiger partial charge is 0.361 e. The summed E-state index contributed by atoms with van der Waals surface area (Å²) in [6, 6.07) is 8.97. The Labute approximate surface area is 185 Å². The van der Waals surface area contributed by atoms with Gasteiger partial charge in [0.25, 0.3) is 5.91 Å². The minimum atomic E-state index is -4.52. The van der Waals surface area contributed by atoms with Crippen LogP contribution in [0.4, 0.5) is 19.0 Å². The number of aromatic nitrogens is 2. The molecule has 0 bridgehead atoms. The zero-order valence-corrected chi connectivity index (χ0v) is 17.8. The Kier molecular flexibility index (Phi) is 4.97. The van der Waals surface area contributed by atoms with Gasteiger partial charge in [-0.15, -0.1) is 11.3 Å². The van der Waals surface area contributed by atoms with Gasteiger partial charge < -0.3 is 10.2 Å². The summed E-state index contributed by atoms with van der Waals surface area (Å²) in [6.45, 7) is 0.837. The van der Waals surface area contributed by atoms with Gasteiger partial charge in [-0.1, -0.05) is 41.9 Å². The molecule has 2 unspecified atom stereocenters. The number of amides is 1. The van der Waals surface area contributed by atoms with Crippen LogP contribution in [-0.4, -0.2) is 33.3 Å². The molecule has 0 saturated heterocycles. The predicted octanol–water partition coefficient (Wildman–Crippen LogP) is 5.46. The topological polar surface area (TPSA) is 50.2 Å². The lowest BCUT2D eigenvalue weighted by Crippen LogP contribution is -2.37. The highest BCUT2D eigenvalue weighted by atomic mass is 35.5. The summed E-state index contributed by atoms with van der Waals surface area (Å²) >= 11 is 7.82. The second-order valence-corrected chi connectivity index (χ2v) is 9.06. The van der Waals surface area contributed by atoms with Crippen LogP contribution in [-0.2, 0) is 13.0 Å². The summed E-state index contributed by atoms with van der Waals surface area (Å²) < 4.78 is 42.5. The number of carbonyl (C=O) groups is 1. The third kappa shape index (κ3) is 3.59. The standard InChI is InChI=1S/C21H18ClF3N4OS/c22-17-18(20(30)28-8-7-12-4-1-2-5-13(12)11-28)27-29-16(21(23,24)25)10-14(26-19(17)29)15-6-3-9-31-15/h1-6,9,14,16,26H,7-8,10-11H2. The van der Waals surface area contributed by atoms with Gasteiger partial charge in [0.15, 0.2) is 11.7 Å². The summed E-state index contributed by atoms with van der Waals surface area (Å²) in [6.07, 6.45) is -4.07. The van der Waals surface area contributed by atoms with Crippen molar-refractivity contribution in [3.63, 3.8) is 0 Å². The summed E-state index contributed by atoms with van der Waals surface area (Å²) in [4.78, 5) is 15.5. The number of benzene rings is 1. The molecule has 2 aromatic heterocycles. The number of hydrogen-bond donors (Lipinski definition) is 1. The highest BCUT2D eigenvalue weighted by molar-refractivity contribution is 7.10. The average Bonchev–Trinajstić information content (AvgIpc) is 3.40. The van der Waals surface area contributed by atoms with Crippen LogP contribution in [0.5, 0.6) is 0 Å². The van der Waals surface area contributed by atoms with Crippen LogP contribution in [0, 0.1) is 0 Å². The molecular weight excluding hydrogens is 449 g/mol. The van der Waals surface area contributed by atoms with Crippen molar-refractivity contribution in [2.24, 2.45) is 0 Å². The van der Waals surface area contributed by atoms with Crippen LogP contribution in [0.2, 0.25) is 5.02 Å². The summed E-state index contributed by atoms with van der Waals surface area (Å²) in [5.74, 6) is -0.425. The monoisotopic (exact) mass is 466 g/mol. The van der Waals surface area contributed by atoms with Crippen LogP contribution < -0.4 is 5.32 Å². The molecule has 0 aliphatic carbocycles. The Bertz CT molecular complexity index is 1130. The van der Waals surface area contributed by atoms with Crippen molar-refractivity contribution in [3.8, 4) is 0 Å². The van der Waals surface area contributed by atoms with Gasteiger partial charge in [-0.2, -0.15) is 18.3 Å². The molecule has 0 spiro atoms. The van der Waals surface area contributed by atoms with Crippen molar-refractivity contribution in [2.45, 2.75) is 37.6 Å². The number of halogens is 4. The number of alkyl halides is 3. The molecule has 3 aromatic rings. The van der Waals surface area contributed by atoms with Gasteiger partial charge in [-0.3, -0.25) is 4.79 Å². The molecule has 162 valence electrons. The number of rotatable bonds is 2. The molecule has 31 heavy (non-hydrogen) atoms. The molecule has 4 heterocycles. The highest BCUT2D eigenvalue weighted by Crippen LogP contribution is 2.47. The van der Waals surface area contributed by atoms with E-state index in [1.165, 1.54) is 16.9 Å². The Balaban J connectivity index is 1.49. The molecule has 5 rings (SSSR count). The van der Waals surface area contributed by atoms with E-state index in [0.29, 0.717) is 19.5 Å². The molecule has 2 aliphatic rings. The molecule has 1 N–H and O–H groups in total. The van der Waals surface area contributed by atoms with Crippen LogP contribution in [0.1, 0.15) is 45.0 Å². The number of anilines is 1. The van der Waals surface area contributed by atoms with Crippen LogP contribution in [0.25, 0.3) is 0 Å². The first-order valence-corrected chi connectivity index (χ1v) is 11.1. The number of carbonyl (C=O) groups excluding carboxylic acids is 1. The van der Waals surface area contributed by atoms with E-state index in [-0.39, 0.29) is 23.0 Å². The summed E-state index contributed by atoms with van der Waals surface area (Å²) in [5.41, 5.74) is 2.04. The first-order chi connectivity index (χ1) is 14.8. The average molecular weight is 467 g/mol. The molecule has 0 radical (unpaired) electrons. The first kappa shape index (κ1) is 20.4. The third-order valence-corrected chi connectivity index (χ3v) is 7.15. The number of nitrogens with zero attached hydrogens (tertiary/aromatic N) is 3. The molecule has 1 aromatic carbocycles. The van der Waals surface area contributed by atoms with E-state index in [2.05, 4.69) is 10.4 Å². The SMILES string of the molecule is O=C(c1nn2c(c1Cl)NC(c1cccs1)CC2C(F)(F)F)N1CCc2ccccc2C1. The lowest BCUT2D eigenvalue weighted by molar-refractivity contribution is -0.173. The van der Waals surface area contributed by atoms with E-state index in [1.54, 1.807) is 17.0 Å².